The number of hydrogen-bond donors (Lipinski definition) is 3. The lowest BCUT2D eigenvalue weighted by Crippen LogP contribution is -2.57. The number of anilines is 1. The average Bonchev–Trinajstić information content (AvgIpc) is 2.72. The maximum Gasteiger partial charge on any atom is 0.408 e. The number of aliphatic hydroxyl groups excluding tert-OH is 1. The van der Waals surface area contributed by atoms with Crippen LogP contribution in [0.15, 0.2) is 66.9 Å². The van der Waals surface area contributed by atoms with E-state index in [1.165, 1.54) is 0 Å². The van der Waals surface area contributed by atoms with Crippen LogP contribution >= 0.6 is 0 Å². The SMILES string of the molecule is CC(C)(C)OC(=O)N[C@]1(c2ccc(-c3ncc(N)cc3-c3ccccc3)cc2)C[C@H](O)C1. The molecule has 0 radical (unpaired) electrons. The van der Waals surface area contributed by atoms with E-state index in [-0.39, 0.29) is 0 Å². The van der Waals surface area contributed by atoms with Gasteiger partial charge >= 0.3 is 6.09 Å². The number of benzene rings is 2. The second kappa shape index (κ2) is 8.28. The number of aliphatic hydroxyl groups is 1. The highest BCUT2D eigenvalue weighted by Crippen LogP contribution is 2.42. The molecule has 1 amide bonds. The van der Waals surface area contributed by atoms with Crippen molar-refractivity contribution in [3.05, 3.63) is 72.4 Å². The van der Waals surface area contributed by atoms with Crippen molar-refractivity contribution in [3.8, 4) is 22.4 Å². The van der Waals surface area contributed by atoms with Crippen LogP contribution in [0.3, 0.4) is 0 Å². The van der Waals surface area contributed by atoms with Gasteiger partial charge in [-0.2, -0.15) is 0 Å². The van der Waals surface area contributed by atoms with Gasteiger partial charge in [0.1, 0.15) is 5.60 Å². The number of hydrogen-bond acceptors (Lipinski definition) is 5. The van der Waals surface area contributed by atoms with Crippen molar-refractivity contribution in [1.29, 1.82) is 0 Å². The van der Waals surface area contributed by atoms with Crippen LogP contribution in [0.5, 0.6) is 0 Å². The number of amides is 1. The zero-order valence-corrected chi connectivity index (χ0v) is 18.6. The Labute approximate surface area is 188 Å². The Bertz CT molecular complexity index is 1100. The largest absolute Gasteiger partial charge is 0.444 e. The number of pyridine rings is 1. The quantitative estimate of drug-likeness (QED) is 0.547. The van der Waals surface area contributed by atoms with Gasteiger partial charge in [0.05, 0.1) is 29.2 Å². The third kappa shape index (κ3) is 4.60. The maximum absolute atomic E-state index is 12.4. The number of carbonyl (C=O) groups excluding carboxylic acids is 1. The van der Waals surface area contributed by atoms with Gasteiger partial charge in [0.15, 0.2) is 0 Å². The molecule has 1 aromatic heterocycles. The number of nitrogen functional groups attached to an aromatic ring is 1. The lowest BCUT2D eigenvalue weighted by Gasteiger charge is -2.46. The number of aromatic nitrogens is 1. The highest BCUT2D eigenvalue weighted by atomic mass is 16.6. The Morgan fingerprint density at radius 3 is 2.34 bits per heavy atom. The van der Waals surface area contributed by atoms with E-state index in [9.17, 15) is 9.90 Å². The summed E-state index contributed by atoms with van der Waals surface area (Å²) in [6.07, 6.45) is 1.61. The van der Waals surface area contributed by atoms with Crippen LogP contribution < -0.4 is 11.1 Å². The standard InChI is InChI=1S/C26H29N3O3/c1-25(2,3)32-24(31)29-26(14-21(30)15-26)19-11-9-18(10-12-19)23-22(13-20(27)16-28-23)17-7-5-4-6-8-17/h4-13,16,21,30H,14-15,27H2,1-3H3,(H,29,31)/t21-,26+. The number of nitrogens with one attached hydrogen (secondary N) is 1. The highest BCUT2D eigenvalue weighted by molar-refractivity contribution is 5.82. The van der Waals surface area contributed by atoms with Gasteiger partial charge in [-0.1, -0.05) is 54.6 Å². The van der Waals surface area contributed by atoms with Gasteiger partial charge in [-0.15, -0.1) is 0 Å². The fourth-order valence-corrected chi connectivity index (χ4v) is 4.15. The average molecular weight is 432 g/mol. The van der Waals surface area contributed by atoms with E-state index in [4.69, 9.17) is 10.5 Å². The molecular weight excluding hydrogens is 402 g/mol. The zero-order chi connectivity index (χ0) is 22.9. The predicted octanol–water partition coefficient (Wildman–Crippen LogP) is 4.87. The first-order valence-electron chi connectivity index (χ1n) is 10.8. The van der Waals surface area contributed by atoms with Gasteiger partial charge in [0.2, 0.25) is 0 Å². The van der Waals surface area contributed by atoms with Crippen LogP contribution in [0.1, 0.15) is 39.2 Å². The van der Waals surface area contributed by atoms with E-state index in [2.05, 4.69) is 10.3 Å². The molecule has 0 bridgehead atoms. The van der Waals surface area contributed by atoms with E-state index in [0.29, 0.717) is 18.5 Å². The molecule has 4 N–H and O–H groups in total. The van der Waals surface area contributed by atoms with Gasteiger partial charge in [-0.05, 0) is 38.0 Å². The van der Waals surface area contributed by atoms with Crippen LogP contribution in [0.2, 0.25) is 0 Å². The van der Waals surface area contributed by atoms with Crippen molar-refractivity contribution in [2.75, 3.05) is 5.73 Å². The predicted molar refractivity (Wildman–Crippen MR) is 126 cm³/mol. The smallest absolute Gasteiger partial charge is 0.408 e. The minimum absolute atomic E-state index is 0.445. The first-order valence-corrected chi connectivity index (χ1v) is 10.8. The van der Waals surface area contributed by atoms with Gasteiger partial charge < -0.3 is 20.9 Å². The number of ether oxygens (including phenoxy) is 1. The van der Waals surface area contributed by atoms with Gasteiger partial charge in [0, 0.05) is 24.0 Å². The van der Waals surface area contributed by atoms with Crippen molar-refractivity contribution in [2.45, 2.75) is 50.9 Å². The molecule has 3 aromatic rings. The molecule has 2 aromatic carbocycles. The van der Waals surface area contributed by atoms with Crippen LogP contribution in [0.4, 0.5) is 10.5 Å². The van der Waals surface area contributed by atoms with Gasteiger partial charge in [-0.3, -0.25) is 4.98 Å². The third-order valence-corrected chi connectivity index (χ3v) is 5.61. The van der Waals surface area contributed by atoms with Gasteiger partial charge in [-0.25, -0.2) is 4.79 Å². The topological polar surface area (TPSA) is 97.5 Å². The van der Waals surface area contributed by atoms with E-state index in [1.807, 2.05) is 81.4 Å². The summed E-state index contributed by atoms with van der Waals surface area (Å²) in [4.78, 5) is 17.0. The Balaban J connectivity index is 1.64. The molecule has 6 heteroatoms. The van der Waals surface area contributed by atoms with Crippen molar-refractivity contribution < 1.29 is 14.6 Å². The third-order valence-electron chi connectivity index (χ3n) is 5.61. The molecule has 166 valence electrons. The molecule has 1 saturated carbocycles. The van der Waals surface area contributed by atoms with Crippen molar-refractivity contribution in [2.24, 2.45) is 0 Å². The number of nitrogens with zero attached hydrogens (tertiary/aromatic N) is 1. The molecule has 32 heavy (non-hydrogen) atoms. The van der Waals surface area contributed by atoms with E-state index in [1.54, 1.807) is 6.20 Å². The fraction of sp³-hybridized carbons (Fsp3) is 0.308. The fourth-order valence-electron chi connectivity index (χ4n) is 4.15. The molecule has 0 saturated heterocycles. The Morgan fingerprint density at radius 2 is 1.75 bits per heavy atom. The normalized spacial score (nSPS) is 20.3. The van der Waals surface area contributed by atoms with Crippen molar-refractivity contribution in [1.82, 2.24) is 10.3 Å². The minimum Gasteiger partial charge on any atom is -0.444 e. The summed E-state index contributed by atoms with van der Waals surface area (Å²) in [6, 6.07) is 19.9. The molecule has 0 spiro atoms. The van der Waals surface area contributed by atoms with Crippen LogP contribution in [-0.2, 0) is 10.3 Å². The Morgan fingerprint density at radius 1 is 1.09 bits per heavy atom. The summed E-state index contributed by atoms with van der Waals surface area (Å²) in [7, 11) is 0. The summed E-state index contributed by atoms with van der Waals surface area (Å²) < 4.78 is 5.44. The molecule has 0 aliphatic heterocycles. The van der Waals surface area contributed by atoms with E-state index < -0.39 is 23.3 Å². The minimum atomic E-state index is -0.642. The molecule has 1 fully saturated rings. The molecule has 0 unspecified atom stereocenters. The first kappa shape index (κ1) is 21.8. The second-order valence-electron chi connectivity index (χ2n) is 9.38. The molecule has 4 rings (SSSR count). The second-order valence-corrected chi connectivity index (χ2v) is 9.38. The molecule has 6 nitrogen and oxygen atoms in total. The number of rotatable bonds is 4. The van der Waals surface area contributed by atoms with Crippen LogP contribution in [-0.4, -0.2) is 27.9 Å². The summed E-state index contributed by atoms with van der Waals surface area (Å²) in [5.74, 6) is 0. The lowest BCUT2D eigenvalue weighted by atomic mass is 9.69. The Hall–Kier alpha value is -3.38. The molecule has 1 aliphatic rings. The van der Waals surface area contributed by atoms with Gasteiger partial charge in [0.25, 0.3) is 0 Å². The summed E-state index contributed by atoms with van der Waals surface area (Å²) >= 11 is 0. The van der Waals surface area contributed by atoms with Crippen molar-refractivity contribution in [3.63, 3.8) is 0 Å². The molecular formula is C26H29N3O3. The lowest BCUT2D eigenvalue weighted by molar-refractivity contribution is -0.0124. The zero-order valence-electron chi connectivity index (χ0n) is 18.6. The monoisotopic (exact) mass is 431 g/mol. The van der Waals surface area contributed by atoms with Crippen LogP contribution in [0.25, 0.3) is 22.4 Å². The molecule has 0 atom stereocenters. The number of carbonyl (C=O) groups is 1. The highest BCUT2D eigenvalue weighted by Gasteiger charge is 2.46. The van der Waals surface area contributed by atoms with E-state index >= 15 is 0 Å². The first-order chi connectivity index (χ1) is 15.2. The maximum atomic E-state index is 12.4. The molecule has 1 heterocycles. The summed E-state index contributed by atoms with van der Waals surface area (Å²) in [5, 5.41) is 13.0. The van der Waals surface area contributed by atoms with Crippen LogP contribution in [0, 0.1) is 0 Å². The molecule has 1 aliphatic carbocycles. The van der Waals surface area contributed by atoms with Crippen molar-refractivity contribution >= 4 is 11.8 Å². The number of alkyl carbamates (subject to hydrolysis) is 1. The number of nitrogens with two attached hydrogens (primary N) is 1. The summed E-state index contributed by atoms with van der Waals surface area (Å²) in [6.45, 7) is 5.48. The summed E-state index contributed by atoms with van der Waals surface area (Å²) in [5.41, 5.74) is 10.1. The van der Waals surface area contributed by atoms with E-state index in [0.717, 1.165) is 27.9 Å². The Kier molecular flexibility index (Phi) is 5.65.